The minimum Gasteiger partial charge on any atom is -0.474 e. The number of hydrogen-bond donors (Lipinski definition) is 0. The quantitative estimate of drug-likeness (QED) is 0.591. The lowest BCUT2D eigenvalue weighted by Crippen LogP contribution is -2.43. The van der Waals surface area contributed by atoms with Crippen molar-refractivity contribution in [1.29, 1.82) is 0 Å². The van der Waals surface area contributed by atoms with E-state index < -0.39 is 23.2 Å². The Bertz CT molecular complexity index is 841. The van der Waals surface area contributed by atoms with E-state index in [-0.39, 0.29) is 31.2 Å². The van der Waals surface area contributed by atoms with E-state index in [1.807, 2.05) is 0 Å². The van der Waals surface area contributed by atoms with Crippen LogP contribution in [0.15, 0.2) is 24.5 Å². The molecule has 1 aliphatic carbocycles. The summed E-state index contributed by atoms with van der Waals surface area (Å²) in [4.78, 5) is 5.72. The van der Waals surface area contributed by atoms with Crippen LogP contribution in [0.3, 0.4) is 0 Å². The Morgan fingerprint density at radius 1 is 1.23 bits per heavy atom. The number of fused-ring (bicyclic) bond motifs is 1. The van der Waals surface area contributed by atoms with Crippen LogP contribution in [0.2, 0.25) is 0 Å². The number of rotatable bonds is 4. The third-order valence-electron chi connectivity index (χ3n) is 4.12. The van der Waals surface area contributed by atoms with Crippen molar-refractivity contribution < 1.29 is 22.3 Å². The first kappa shape index (κ1) is 17.1. The normalized spacial score (nSPS) is 19.2. The van der Waals surface area contributed by atoms with Crippen LogP contribution in [-0.2, 0) is 12.1 Å². The molecule has 0 bridgehead atoms. The summed E-state index contributed by atoms with van der Waals surface area (Å²) < 4.78 is 59.0. The van der Waals surface area contributed by atoms with Crippen LogP contribution in [0.4, 0.5) is 23.2 Å². The maximum absolute atomic E-state index is 13.4. The molecule has 0 spiro atoms. The minimum absolute atomic E-state index is 0.0210. The zero-order chi connectivity index (χ0) is 18.5. The molecule has 0 radical (unpaired) electrons. The monoisotopic (exact) mass is 389 g/mol. The summed E-state index contributed by atoms with van der Waals surface area (Å²) in [5.74, 6) is -2.83. The maximum atomic E-state index is 13.4. The number of hydrogen-bond acceptors (Lipinski definition) is 5. The molecule has 2 aromatic rings. The zero-order valence-electron chi connectivity index (χ0n) is 13.1. The van der Waals surface area contributed by atoms with E-state index in [0.29, 0.717) is 5.69 Å². The Kier molecular flexibility index (Phi) is 3.83. The molecule has 1 saturated carbocycles. The van der Waals surface area contributed by atoms with E-state index in [9.17, 15) is 17.6 Å². The number of anilines is 1. The highest BCUT2D eigenvalue weighted by Gasteiger charge is 2.47. The van der Waals surface area contributed by atoms with Gasteiger partial charge in [0.25, 0.3) is 5.92 Å². The molecule has 0 atom stereocenters. The molecule has 0 unspecified atom stereocenters. The Balaban J connectivity index is 1.47. The maximum Gasteiger partial charge on any atom is 0.381 e. The highest BCUT2D eigenvalue weighted by atomic mass is 35.5. The van der Waals surface area contributed by atoms with Gasteiger partial charge < -0.3 is 9.64 Å². The molecule has 0 amide bonds. The number of aromatic nitrogens is 4. The van der Waals surface area contributed by atoms with Crippen LogP contribution in [0, 0.1) is 0 Å². The average Bonchev–Trinajstić information content (AvgIpc) is 2.97. The van der Waals surface area contributed by atoms with Crippen LogP contribution in [0.25, 0.3) is 6.08 Å². The minimum atomic E-state index is -3.64. The summed E-state index contributed by atoms with van der Waals surface area (Å²) in [6, 6.07) is 3.19. The van der Waals surface area contributed by atoms with Crippen LogP contribution in [0.1, 0.15) is 24.5 Å². The smallest absolute Gasteiger partial charge is 0.381 e. The van der Waals surface area contributed by atoms with Gasteiger partial charge >= 0.3 is 5.38 Å². The molecular formula is C15H12ClF4N5O. The highest BCUT2D eigenvalue weighted by Crippen LogP contribution is 2.39. The Labute approximate surface area is 150 Å². The van der Waals surface area contributed by atoms with Gasteiger partial charge in [-0.15, -0.1) is 10.2 Å². The van der Waals surface area contributed by atoms with Crippen LogP contribution in [0.5, 0.6) is 5.88 Å². The van der Waals surface area contributed by atoms with Gasteiger partial charge in [0.15, 0.2) is 5.82 Å². The van der Waals surface area contributed by atoms with Gasteiger partial charge in [0.05, 0.1) is 11.9 Å². The molecule has 2 aromatic heterocycles. The third kappa shape index (κ3) is 3.20. The van der Waals surface area contributed by atoms with Gasteiger partial charge in [0.1, 0.15) is 12.8 Å². The van der Waals surface area contributed by atoms with E-state index in [1.165, 1.54) is 16.8 Å². The number of halogens is 5. The Morgan fingerprint density at radius 2 is 2.00 bits per heavy atom. The lowest BCUT2D eigenvalue weighted by molar-refractivity contribution is -0.135. The van der Waals surface area contributed by atoms with Crippen molar-refractivity contribution in [1.82, 2.24) is 19.7 Å². The van der Waals surface area contributed by atoms with Crippen molar-refractivity contribution in [2.24, 2.45) is 0 Å². The first-order valence-corrected chi connectivity index (χ1v) is 8.05. The molecule has 138 valence electrons. The van der Waals surface area contributed by atoms with Crippen molar-refractivity contribution in [2.75, 3.05) is 4.90 Å². The van der Waals surface area contributed by atoms with Crippen molar-refractivity contribution in [2.45, 2.75) is 36.9 Å². The summed E-state index contributed by atoms with van der Waals surface area (Å²) in [5, 5.41) is 3.46. The lowest BCUT2D eigenvalue weighted by atomic mass is 9.91. The fraction of sp³-hybridized carbons (Fsp3) is 0.400. The van der Waals surface area contributed by atoms with Gasteiger partial charge in [0, 0.05) is 25.1 Å². The molecule has 26 heavy (non-hydrogen) atoms. The fourth-order valence-corrected chi connectivity index (χ4v) is 2.92. The van der Waals surface area contributed by atoms with Crippen molar-refractivity contribution >= 4 is 23.4 Å². The summed E-state index contributed by atoms with van der Waals surface area (Å²) >= 11 is 5.06. The average molecular weight is 390 g/mol. The van der Waals surface area contributed by atoms with Crippen LogP contribution in [-0.4, -0.2) is 31.8 Å². The van der Waals surface area contributed by atoms with Gasteiger partial charge in [0.2, 0.25) is 11.7 Å². The van der Waals surface area contributed by atoms with E-state index >= 15 is 0 Å². The topological polar surface area (TPSA) is 56.1 Å². The molecule has 1 fully saturated rings. The molecule has 0 aromatic carbocycles. The van der Waals surface area contributed by atoms with Crippen molar-refractivity contribution in [3.63, 3.8) is 0 Å². The molecule has 6 nitrogen and oxygen atoms in total. The van der Waals surface area contributed by atoms with E-state index in [2.05, 4.69) is 15.2 Å². The van der Waals surface area contributed by atoms with Gasteiger partial charge in [-0.3, -0.25) is 4.57 Å². The summed E-state index contributed by atoms with van der Waals surface area (Å²) in [6.45, 7) is 0.0210. The Hall–Kier alpha value is -2.36. The number of ether oxygens (including phenoxy) is 1. The Morgan fingerprint density at radius 3 is 2.62 bits per heavy atom. The summed E-state index contributed by atoms with van der Waals surface area (Å²) in [7, 11) is 0. The molecule has 0 saturated heterocycles. The standard InChI is InChI=1S/C15H12ClF4N5O/c16-15(19,20)13-23-22-11-3-4-24(8-25(11)13)9-1-2-12(21-7-9)26-10-5-14(17,18)6-10/h1-4,7,10H,5-6,8H2. The van der Waals surface area contributed by atoms with E-state index in [0.717, 1.165) is 0 Å². The molecule has 0 N–H and O–H groups in total. The van der Waals surface area contributed by atoms with E-state index in [4.69, 9.17) is 16.3 Å². The number of nitrogens with zero attached hydrogens (tertiary/aromatic N) is 5. The van der Waals surface area contributed by atoms with Gasteiger partial charge in [-0.2, -0.15) is 8.78 Å². The molecular weight excluding hydrogens is 378 g/mol. The predicted octanol–water partition coefficient (Wildman–Crippen LogP) is 3.59. The van der Waals surface area contributed by atoms with Gasteiger partial charge in [-0.05, 0) is 23.7 Å². The van der Waals surface area contributed by atoms with Crippen LogP contribution < -0.4 is 9.64 Å². The molecule has 1 aliphatic heterocycles. The van der Waals surface area contributed by atoms with Crippen molar-refractivity contribution in [3.8, 4) is 5.88 Å². The third-order valence-corrected chi connectivity index (χ3v) is 4.29. The highest BCUT2D eigenvalue weighted by molar-refractivity contribution is 6.21. The summed E-state index contributed by atoms with van der Waals surface area (Å²) in [6.07, 6.45) is 3.43. The summed E-state index contributed by atoms with van der Waals surface area (Å²) in [5.41, 5.74) is 0.593. The first-order chi connectivity index (χ1) is 12.2. The van der Waals surface area contributed by atoms with Gasteiger partial charge in [-0.25, -0.2) is 13.8 Å². The number of pyridine rings is 1. The fourth-order valence-electron chi connectivity index (χ4n) is 2.78. The molecule has 11 heteroatoms. The second kappa shape index (κ2) is 5.83. The van der Waals surface area contributed by atoms with Gasteiger partial charge in [-0.1, -0.05) is 0 Å². The SMILES string of the molecule is FC1(F)CC(Oc2ccc(N3C=Cc4nnc(C(F)(F)Cl)n4C3)cn2)C1. The second-order valence-corrected chi connectivity index (χ2v) is 6.57. The predicted molar refractivity (Wildman–Crippen MR) is 84.1 cm³/mol. The molecule has 2 aliphatic rings. The first-order valence-electron chi connectivity index (χ1n) is 7.67. The van der Waals surface area contributed by atoms with Crippen molar-refractivity contribution in [3.05, 3.63) is 36.2 Å². The van der Waals surface area contributed by atoms with Crippen LogP contribution >= 0.6 is 11.6 Å². The largest absolute Gasteiger partial charge is 0.474 e. The molecule has 4 rings (SSSR count). The lowest BCUT2D eigenvalue weighted by Gasteiger charge is -2.34. The number of alkyl halides is 5. The van der Waals surface area contributed by atoms with E-state index in [1.54, 1.807) is 23.2 Å². The second-order valence-electron chi connectivity index (χ2n) is 6.09. The zero-order valence-corrected chi connectivity index (χ0v) is 13.9. The molecule has 3 heterocycles.